The number of hydrogen-bond acceptors (Lipinski definition) is 4. The third-order valence-electron chi connectivity index (χ3n) is 5.51. The predicted molar refractivity (Wildman–Crippen MR) is 122 cm³/mol. The predicted octanol–water partition coefficient (Wildman–Crippen LogP) is 3.30. The molecule has 2 rings (SSSR count). The first kappa shape index (κ1) is 23.9. The standard InChI is InChI=1S/C23H33N3O3S/c1-5-20(6-2)26(21-10-7-17(3)18(4)15-21)16-23(27)25-14-13-19-8-11-22(12-9-19)30(24,28)29/h7-12,15,20H,5-6,13-14,16H2,1-4H3,(H,25,27)(H2,24,28,29). The summed E-state index contributed by atoms with van der Waals surface area (Å²) >= 11 is 0. The van der Waals surface area contributed by atoms with Crippen LogP contribution in [-0.4, -0.2) is 33.5 Å². The van der Waals surface area contributed by atoms with Gasteiger partial charge in [0, 0.05) is 18.3 Å². The highest BCUT2D eigenvalue weighted by molar-refractivity contribution is 7.89. The van der Waals surface area contributed by atoms with Crippen molar-refractivity contribution in [3.63, 3.8) is 0 Å². The minimum Gasteiger partial charge on any atom is -0.359 e. The van der Waals surface area contributed by atoms with Crippen molar-refractivity contribution in [2.24, 2.45) is 5.14 Å². The lowest BCUT2D eigenvalue weighted by Crippen LogP contribution is -2.43. The van der Waals surface area contributed by atoms with E-state index in [1.54, 1.807) is 12.1 Å². The summed E-state index contributed by atoms with van der Waals surface area (Å²) in [6.45, 7) is 9.25. The van der Waals surface area contributed by atoms with E-state index in [9.17, 15) is 13.2 Å². The number of primary sulfonamides is 1. The first-order chi connectivity index (χ1) is 14.2. The van der Waals surface area contributed by atoms with E-state index >= 15 is 0 Å². The second-order valence-electron chi connectivity index (χ2n) is 7.66. The third kappa shape index (κ3) is 6.57. The molecule has 2 aromatic rings. The van der Waals surface area contributed by atoms with Crippen LogP contribution in [-0.2, 0) is 21.2 Å². The lowest BCUT2D eigenvalue weighted by atomic mass is 10.1. The molecule has 0 heterocycles. The molecule has 30 heavy (non-hydrogen) atoms. The Kier molecular flexibility index (Phi) is 8.43. The van der Waals surface area contributed by atoms with Crippen LogP contribution >= 0.6 is 0 Å². The van der Waals surface area contributed by atoms with Gasteiger partial charge in [0.2, 0.25) is 15.9 Å². The van der Waals surface area contributed by atoms with E-state index in [2.05, 4.69) is 56.1 Å². The summed E-state index contributed by atoms with van der Waals surface area (Å²) in [6.07, 6.45) is 2.55. The van der Waals surface area contributed by atoms with Crippen molar-refractivity contribution < 1.29 is 13.2 Å². The maximum atomic E-state index is 12.6. The zero-order valence-electron chi connectivity index (χ0n) is 18.3. The molecule has 0 spiro atoms. The fourth-order valence-electron chi connectivity index (χ4n) is 3.47. The number of carbonyl (C=O) groups excluding carboxylic acids is 1. The van der Waals surface area contributed by atoms with Crippen molar-refractivity contribution in [2.75, 3.05) is 18.0 Å². The fraction of sp³-hybridized carbons (Fsp3) is 0.435. The molecule has 0 aliphatic rings. The Morgan fingerprint density at radius 3 is 2.20 bits per heavy atom. The number of rotatable bonds is 10. The molecule has 164 valence electrons. The number of amides is 1. The van der Waals surface area contributed by atoms with E-state index < -0.39 is 10.0 Å². The number of sulfonamides is 1. The van der Waals surface area contributed by atoms with Crippen molar-refractivity contribution in [3.8, 4) is 0 Å². The maximum Gasteiger partial charge on any atom is 0.239 e. The molecule has 2 aromatic carbocycles. The van der Waals surface area contributed by atoms with Gasteiger partial charge in [-0.15, -0.1) is 0 Å². The summed E-state index contributed by atoms with van der Waals surface area (Å²) in [5, 5.41) is 8.10. The van der Waals surface area contributed by atoms with Crippen molar-refractivity contribution >= 4 is 21.6 Å². The largest absolute Gasteiger partial charge is 0.359 e. The highest BCUT2D eigenvalue weighted by atomic mass is 32.2. The summed E-state index contributed by atoms with van der Waals surface area (Å²) in [6, 6.07) is 13.0. The third-order valence-corrected chi connectivity index (χ3v) is 6.44. The van der Waals surface area contributed by atoms with Gasteiger partial charge in [-0.2, -0.15) is 0 Å². The number of benzene rings is 2. The average Bonchev–Trinajstić information content (AvgIpc) is 2.70. The molecule has 0 aliphatic carbocycles. The van der Waals surface area contributed by atoms with Gasteiger partial charge in [0.15, 0.2) is 0 Å². The molecule has 0 aliphatic heterocycles. The number of anilines is 1. The molecule has 0 unspecified atom stereocenters. The summed E-state index contributed by atoms with van der Waals surface area (Å²) in [4.78, 5) is 14.9. The molecule has 0 saturated heterocycles. The Bertz CT molecular complexity index is 952. The van der Waals surface area contributed by atoms with Gasteiger partial charge in [-0.25, -0.2) is 13.6 Å². The number of carbonyl (C=O) groups is 1. The Labute approximate surface area is 180 Å². The molecule has 0 bridgehead atoms. The van der Waals surface area contributed by atoms with E-state index in [1.807, 2.05) is 0 Å². The second kappa shape index (κ2) is 10.6. The fourth-order valence-corrected chi connectivity index (χ4v) is 3.98. The molecule has 0 radical (unpaired) electrons. The molecule has 6 nitrogen and oxygen atoms in total. The van der Waals surface area contributed by atoms with Crippen molar-refractivity contribution in [1.29, 1.82) is 0 Å². The van der Waals surface area contributed by atoms with Crippen LogP contribution in [0.4, 0.5) is 5.69 Å². The lowest BCUT2D eigenvalue weighted by Gasteiger charge is -2.32. The Morgan fingerprint density at radius 1 is 1.03 bits per heavy atom. The van der Waals surface area contributed by atoms with Crippen molar-refractivity contribution in [1.82, 2.24) is 5.32 Å². The zero-order valence-corrected chi connectivity index (χ0v) is 19.1. The first-order valence-corrected chi connectivity index (χ1v) is 11.9. The molecule has 0 fully saturated rings. The summed E-state index contributed by atoms with van der Waals surface area (Å²) in [5.41, 5.74) is 4.46. The van der Waals surface area contributed by atoms with Crippen LogP contribution < -0.4 is 15.4 Å². The normalized spacial score (nSPS) is 11.5. The molecule has 0 atom stereocenters. The minimum absolute atomic E-state index is 0.0266. The van der Waals surface area contributed by atoms with E-state index in [-0.39, 0.29) is 10.8 Å². The van der Waals surface area contributed by atoms with Crippen LogP contribution in [0.25, 0.3) is 0 Å². The van der Waals surface area contributed by atoms with E-state index in [0.717, 1.165) is 24.1 Å². The highest BCUT2D eigenvalue weighted by Gasteiger charge is 2.19. The minimum atomic E-state index is -3.69. The van der Waals surface area contributed by atoms with Crippen molar-refractivity contribution in [2.45, 2.75) is 57.9 Å². The average molecular weight is 432 g/mol. The topological polar surface area (TPSA) is 92.5 Å². The zero-order chi connectivity index (χ0) is 22.3. The molecule has 0 saturated carbocycles. The molecule has 0 aromatic heterocycles. The number of nitrogens with zero attached hydrogens (tertiary/aromatic N) is 1. The van der Waals surface area contributed by atoms with E-state index in [1.165, 1.54) is 23.3 Å². The van der Waals surface area contributed by atoms with E-state index in [4.69, 9.17) is 5.14 Å². The monoisotopic (exact) mass is 431 g/mol. The van der Waals surface area contributed by atoms with Crippen LogP contribution in [0.2, 0.25) is 0 Å². The lowest BCUT2D eigenvalue weighted by molar-refractivity contribution is -0.119. The maximum absolute atomic E-state index is 12.6. The smallest absolute Gasteiger partial charge is 0.239 e. The summed E-state index contributed by atoms with van der Waals surface area (Å²) < 4.78 is 22.7. The van der Waals surface area contributed by atoms with Crippen molar-refractivity contribution in [3.05, 3.63) is 59.2 Å². The molecule has 7 heteroatoms. The van der Waals surface area contributed by atoms with E-state index in [0.29, 0.717) is 25.6 Å². The van der Waals surface area contributed by atoms with Crippen LogP contribution in [0.1, 0.15) is 43.4 Å². The van der Waals surface area contributed by atoms with Gasteiger partial charge in [-0.3, -0.25) is 4.79 Å². The number of hydrogen-bond donors (Lipinski definition) is 2. The van der Waals surface area contributed by atoms with Gasteiger partial charge in [-0.1, -0.05) is 32.0 Å². The van der Waals surface area contributed by atoms with Gasteiger partial charge in [-0.05, 0) is 74.1 Å². The summed E-state index contributed by atoms with van der Waals surface area (Å²) in [5.74, 6) is -0.0266. The molecular formula is C23H33N3O3S. The van der Waals surface area contributed by atoms with Crippen LogP contribution in [0.3, 0.4) is 0 Å². The van der Waals surface area contributed by atoms with Crippen LogP contribution in [0.5, 0.6) is 0 Å². The number of aryl methyl sites for hydroxylation is 2. The Balaban J connectivity index is 1.99. The van der Waals surface area contributed by atoms with Gasteiger partial charge in [0.25, 0.3) is 0 Å². The first-order valence-electron chi connectivity index (χ1n) is 10.4. The summed E-state index contributed by atoms with van der Waals surface area (Å²) in [7, 11) is -3.69. The van der Waals surface area contributed by atoms with Crippen LogP contribution in [0, 0.1) is 13.8 Å². The van der Waals surface area contributed by atoms with Gasteiger partial charge in [0.1, 0.15) is 0 Å². The molecule has 3 N–H and O–H groups in total. The highest BCUT2D eigenvalue weighted by Crippen LogP contribution is 2.23. The quantitative estimate of drug-likeness (QED) is 0.604. The van der Waals surface area contributed by atoms with Gasteiger partial charge in [0.05, 0.1) is 11.4 Å². The van der Waals surface area contributed by atoms with Gasteiger partial charge >= 0.3 is 0 Å². The number of nitrogens with two attached hydrogens (primary N) is 1. The second-order valence-corrected chi connectivity index (χ2v) is 9.22. The number of nitrogens with one attached hydrogen (secondary N) is 1. The Morgan fingerprint density at radius 2 is 1.67 bits per heavy atom. The van der Waals surface area contributed by atoms with Gasteiger partial charge < -0.3 is 10.2 Å². The van der Waals surface area contributed by atoms with Crippen LogP contribution in [0.15, 0.2) is 47.4 Å². The molecule has 1 amide bonds. The Hall–Kier alpha value is -2.38. The SMILES string of the molecule is CCC(CC)N(CC(=O)NCCc1ccc(S(N)(=O)=O)cc1)c1ccc(C)c(C)c1. The molecular weight excluding hydrogens is 398 g/mol.